The number of hydrogen-bond donors (Lipinski definition) is 1. The van der Waals surface area contributed by atoms with E-state index in [2.05, 4.69) is 15.1 Å². The Bertz CT molecular complexity index is 709. The molecule has 0 aromatic carbocycles. The van der Waals surface area contributed by atoms with Gasteiger partial charge in [-0.25, -0.2) is 9.98 Å². The van der Waals surface area contributed by atoms with Crippen LogP contribution in [-0.4, -0.2) is 21.5 Å². The molecule has 3 heterocycles. The molecule has 3 aromatic rings. The van der Waals surface area contributed by atoms with Gasteiger partial charge in [0, 0.05) is 6.07 Å². The zero-order valence-corrected chi connectivity index (χ0v) is 9.90. The van der Waals surface area contributed by atoms with Crippen LogP contribution in [0.15, 0.2) is 42.8 Å². The highest BCUT2D eigenvalue weighted by Gasteiger charge is 2.14. The molecule has 0 fully saturated rings. The van der Waals surface area contributed by atoms with Gasteiger partial charge >= 0.3 is 5.95 Å². The third-order valence-corrected chi connectivity index (χ3v) is 2.30. The zero-order chi connectivity index (χ0) is 13.2. The Hall–Kier alpha value is -2.83. The quantitative estimate of drug-likeness (QED) is 0.726. The third kappa shape index (κ3) is 2.25. The number of oxazole rings is 1. The summed E-state index contributed by atoms with van der Waals surface area (Å²) in [5.74, 6) is 1.30. The zero-order valence-electron chi connectivity index (χ0n) is 9.90. The van der Waals surface area contributed by atoms with Gasteiger partial charge in [-0.3, -0.25) is 0 Å². The van der Waals surface area contributed by atoms with Crippen LogP contribution in [0.1, 0.15) is 11.5 Å². The highest BCUT2D eigenvalue weighted by atomic mass is 16.5. The fraction of sp³-hybridized carbons (Fsp3) is 0.0833. The van der Waals surface area contributed by atoms with E-state index in [4.69, 9.17) is 13.4 Å². The van der Waals surface area contributed by atoms with Gasteiger partial charge in [-0.15, -0.1) is 0 Å². The molecule has 7 heteroatoms. The molecule has 1 N–H and O–H groups in total. The van der Waals surface area contributed by atoms with Gasteiger partial charge in [0.2, 0.25) is 0 Å². The molecule has 19 heavy (non-hydrogen) atoms. The minimum absolute atomic E-state index is 0.181. The lowest BCUT2D eigenvalue weighted by Gasteiger charge is -1.83. The molecule has 0 saturated heterocycles. The summed E-state index contributed by atoms with van der Waals surface area (Å²) in [6, 6.07) is 5.02. The number of aryl methyl sites for hydroxylation is 1. The molecular formula is C12H9N3O4. The Morgan fingerprint density at radius 1 is 1.42 bits per heavy atom. The molecule has 0 aliphatic rings. The van der Waals surface area contributed by atoms with E-state index in [1.54, 1.807) is 25.1 Å². The van der Waals surface area contributed by atoms with E-state index < -0.39 is 0 Å². The van der Waals surface area contributed by atoms with E-state index in [1.165, 1.54) is 12.5 Å². The first-order chi connectivity index (χ1) is 9.22. The number of aliphatic imine (C=N–C) groups is 1. The first-order valence-corrected chi connectivity index (χ1v) is 5.43. The highest BCUT2D eigenvalue weighted by molar-refractivity contribution is 5.82. The molecule has 0 saturated carbocycles. The summed E-state index contributed by atoms with van der Waals surface area (Å²) in [4.78, 5) is 8.07. The van der Waals surface area contributed by atoms with Crippen molar-refractivity contribution in [2.24, 2.45) is 4.99 Å². The van der Waals surface area contributed by atoms with Gasteiger partial charge in [0.25, 0.3) is 5.89 Å². The number of nitrogens with zero attached hydrogens (tertiary/aromatic N) is 3. The molecule has 0 aliphatic heterocycles. The van der Waals surface area contributed by atoms with Crippen LogP contribution < -0.4 is 0 Å². The van der Waals surface area contributed by atoms with Crippen LogP contribution in [0.3, 0.4) is 0 Å². The molecule has 0 atom stereocenters. The largest absolute Gasteiger partial charge is 0.479 e. The minimum Gasteiger partial charge on any atom is -0.479 e. The fourth-order valence-electron chi connectivity index (χ4n) is 1.46. The van der Waals surface area contributed by atoms with Crippen molar-refractivity contribution in [1.82, 2.24) is 10.1 Å². The molecular weight excluding hydrogens is 250 g/mol. The maximum Gasteiger partial charge on any atom is 0.312 e. The van der Waals surface area contributed by atoms with Gasteiger partial charge in [0.1, 0.15) is 5.76 Å². The summed E-state index contributed by atoms with van der Waals surface area (Å²) in [5.41, 5.74) is 0.187. The highest BCUT2D eigenvalue weighted by Crippen LogP contribution is 2.25. The lowest BCUT2D eigenvalue weighted by molar-refractivity contribution is 0.333. The topological polar surface area (TPSA) is 97.8 Å². The van der Waals surface area contributed by atoms with E-state index >= 15 is 0 Å². The van der Waals surface area contributed by atoms with E-state index in [9.17, 15) is 5.11 Å². The molecule has 0 unspecified atom stereocenters. The van der Waals surface area contributed by atoms with Crippen LogP contribution in [-0.2, 0) is 0 Å². The lowest BCUT2D eigenvalue weighted by atomic mass is 10.4. The van der Waals surface area contributed by atoms with Crippen molar-refractivity contribution in [3.63, 3.8) is 0 Å². The first-order valence-electron chi connectivity index (χ1n) is 5.43. The molecule has 0 bridgehead atoms. The van der Waals surface area contributed by atoms with Gasteiger partial charge in [0.05, 0.1) is 12.5 Å². The summed E-state index contributed by atoms with van der Waals surface area (Å²) < 4.78 is 15.0. The summed E-state index contributed by atoms with van der Waals surface area (Å²) in [6.07, 6.45) is 2.82. The van der Waals surface area contributed by atoms with Crippen LogP contribution in [0.2, 0.25) is 0 Å². The fourth-order valence-corrected chi connectivity index (χ4v) is 1.46. The normalized spacial score (nSPS) is 11.4. The molecule has 3 aromatic heterocycles. The van der Waals surface area contributed by atoms with Crippen molar-refractivity contribution >= 4 is 12.0 Å². The molecule has 0 amide bonds. The second-order valence-corrected chi connectivity index (χ2v) is 3.74. The second kappa shape index (κ2) is 4.45. The van der Waals surface area contributed by atoms with E-state index in [0.717, 1.165) is 0 Å². The van der Waals surface area contributed by atoms with Crippen LogP contribution in [0.4, 0.5) is 5.82 Å². The van der Waals surface area contributed by atoms with Crippen LogP contribution in [0.5, 0.6) is 5.95 Å². The lowest BCUT2D eigenvalue weighted by Crippen LogP contribution is -1.81. The average Bonchev–Trinajstić information content (AvgIpc) is 3.07. The van der Waals surface area contributed by atoms with Gasteiger partial charge in [-0.1, -0.05) is 5.16 Å². The van der Waals surface area contributed by atoms with E-state index in [-0.39, 0.29) is 17.5 Å². The molecule has 0 aliphatic carbocycles. The monoisotopic (exact) mass is 259 g/mol. The number of aromatic hydroxyl groups is 1. The summed E-state index contributed by atoms with van der Waals surface area (Å²) in [5, 5.41) is 13.3. The number of hydrogen-bond acceptors (Lipinski definition) is 7. The third-order valence-electron chi connectivity index (χ3n) is 2.30. The predicted octanol–water partition coefficient (Wildman–Crippen LogP) is 2.69. The van der Waals surface area contributed by atoms with E-state index in [1.807, 2.05) is 0 Å². The van der Waals surface area contributed by atoms with Crippen molar-refractivity contribution in [1.29, 1.82) is 0 Å². The Morgan fingerprint density at radius 2 is 2.32 bits per heavy atom. The van der Waals surface area contributed by atoms with Gasteiger partial charge in [0.15, 0.2) is 17.3 Å². The number of aromatic nitrogens is 2. The smallest absolute Gasteiger partial charge is 0.312 e. The molecule has 3 rings (SSSR count). The summed E-state index contributed by atoms with van der Waals surface area (Å²) in [6.45, 7) is 1.76. The first kappa shape index (κ1) is 11.3. The maximum absolute atomic E-state index is 9.61. The van der Waals surface area contributed by atoms with Crippen molar-refractivity contribution in [3.05, 3.63) is 35.9 Å². The van der Waals surface area contributed by atoms with Gasteiger partial charge in [-0.05, 0) is 19.1 Å². The average molecular weight is 259 g/mol. The van der Waals surface area contributed by atoms with E-state index in [0.29, 0.717) is 17.3 Å². The maximum atomic E-state index is 9.61. The Morgan fingerprint density at radius 3 is 3.00 bits per heavy atom. The van der Waals surface area contributed by atoms with Crippen molar-refractivity contribution in [3.8, 4) is 17.6 Å². The van der Waals surface area contributed by atoms with Crippen LogP contribution >= 0.6 is 0 Å². The second-order valence-electron chi connectivity index (χ2n) is 3.74. The van der Waals surface area contributed by atoms with Crippen LogP contribution in [0, 0.1) is 6.92 Å². The molecule has 7 nitrogen and oxygen atoms in total. The summed E-state index contributed by atoms with van der Waals surface area (Å²) >= 11 is 0. The Kier molecular flexibility index (Phi) is 2.64. The molecule has 96 valence electrons. The number of furan rings is 1. The predicted molar refractivity (Wildman–Crippen MR) is 64.4 cm³/mol. The molecule has 0 radical (unpaired) electrons. The van der Waals surface area contributed by atoms with Crippen molar-refractivity contribution < 1.29 is 18.5 Å². The minimum atomic E-state index is -0.338. The van der Waals surface area contributed by atoms with Gasteiger partial charge in [-0.2, -0.15) is 0 Å². The molecule has 0 spiro atoms. The standard InChI is InChI=1S/C12H9N3O4/c1-7-5-10(15-19-7)13-6-8-12(16)18-11(14-8)9-3-2-4-17-9/h2-6,16H,1H3. The van der Waals surface area contributed by atoms with Crippen LogP contribution in [0.25, 0.3) is 11.7 Å². The summed E-state index contributed by atoms with van der Waals surface area (Å²) in [7, 11) is 0. The Balaban J connectivity index is 1.87. The SMILES string of the molecule is Cc1cc(N=Cc2nc(-c3ccco3)oc2O)no1. The van der Waals surface area contributed by atoms with Crippen molar-refractivity contribution in [2.75, 3.05) is 0 Å². The Labute approximate surface area is 107 Å². The van der Waals surface area contributed by atoms with Crippen molar-refractivity contribution in [2.45, 2.75) is 6.92 Å². The number of rotatable bonds is 3. The van der Waals surface area contributed by atoms with Gasteiger partial charge < -0.3 is 18.5 Å².